The maximum absolute atomic E-state index is 5.34. The van der Waals surface area contributed by atoms with E-state index in [1.165, 1.54) is 53.6 Å². The Morgan fingerprint density at radius 2 is 1.53 bits per heavy atom. The summed E-state index contributed by atoms with van der Waals surface area (Å²) in [6.07, 6.45) is 0.897. The smallest absolute Gasteiger partial charge is 0.118 e. The standard InChI is InChI=1S/C28H24OS/c1-18-8-7-11-24-26-25(21-9-5-4-6-10-21)22(16-19(2)28(26)30-27(18)24)17-20-12-14-23(29-3)15-13-20/h4-16H,17H2,1-3H3. The van der Waals surface area contributed by atoms with Crippen LogP contribution >= 0.6 is 11.3 Å². The SMILES string of the molecule is COc1ccc(Cc2cc(C)c3sc4c(C)cccc4c3c2-c2ccccc2)cc1. The highest BCUT2D eigenvalue weighted by Gasteiger charge is 2.18. The summed E-state index contributed by atoms with van der Waals surface area (Å²) in [6, 6.07) is 28.3. The Bertz CT molecular complexity index is 1350. The summed E-state index contributed by atoms with van der Waals surface area (Å²) in [6.45, 7) is 4.47. The van der Waals surface area contributed by atoms with Crippen LogP contribution in [-0.4, -0.2) is 7.11 Å². The normalized spacial score (nSPS) is 11.3. The Kier molecular flexibility index (Phi) is 4.80. The van der Waals surface area contributed by atoms with Crippen molar-refractivity contribution < 1.29 is 4.74 Å². The molecular formula is C28H24OS. The molecule has 0 N–H and O–H groups in total. The summed E-state index contributed by atoms with van der Waals surface area (Å²) in [5, 5.41) is 2.77. The third-order valence-corrected chi connectivity index (χ3v) is 7.32. The van der Waals surface area contributed by atoms with Crippen LogP contribution in [0.1, 0.15) is 22.3 Å². The van der Waals surface area contributed by atoms with Gasteiger partial charge in [0.25, 0.3) is 0 Å². The van der Waals surface area contributed by atoms with Gasteiger partial charge in [-0.2, -0.15) is 0 Å². The average molecular weight is 409 g/mol. The van der Waals surface area contributed by atoms with Crippen LogP contribution in [-0.2, 0) is 6.42 Å². The third kappa shape index (κ3) is 3.18. The molecule has 148 valence electrons. The molecule has 4 aromatic carbocycles. The van der Waals surface area contributed by atoms with Crippen molar-refractivity contribution in [2.75, 3.05) is 7.11 Å². The first-order chi connectivity index (χ1) is 14.7. The molecule has 0 unspecified atom stereocenters. The third-order valence-electron chi connectivity index (χ3n) is 5.85. The highest BCUT2D eigenvalue weighted by molar-refractivity contribution is 7.26. The number of hydrogen-bond donors (Lipinski definition) is 0. The molecule has 0 saturated heterocycles. The molecule has 0 saturated carbocycles. The van der Waals surface area contributed by atoms with Crippen LogP contribution in [0.4, 0.5) is 0 Å². The molecule has 2 heteroatoms. The second kappa shape index (κ2) is 7.62. The van der Waals surface area contributed by atoms with Gasteiger partial charge in [-0.25, -0.2) is 0 Å². The number of aryl methyl sites for hydroxylation is 2. The average Bonchev–Trinajstić information content (AvgIpc) is 3.17. The fourth-order valence-electron chi connectivity index (χ4n) is 4.38. The Morgan fingerprint density at radius 1 is 0.767 bits per heavy atom. The molecule has 0 aliphatic rings. The highest BCUT2D eigenvalue weighted by Crippen LogP contribution is 2.44. The van der Waals surface area contributed by atoms with E-state index in [0.717, 1.165) is 12.2 Å². The minimum Gasteiger partial charge on any atom is -0.497 e. The van der Waals surface area contributed by atoms with E-state index in [1.54, 1.807) is 7.11 Å². The van der Waals surface area contributed by atoms with E-state index in [1.807, 2.05) is 23.5 Å². The van der Waals surface area contributed by atoms with Gasteiger partial charge in [0, 0.05) is 20.2 Å². The number of methoxy groups -OCH3 is 1. The minimum atomic E-state index is 0.896. The summed E-state index contributed by atoms with van der Waals surface area (Å²) in [5.74, 6) is 0.896. The maximum Gasteiger partial charge on any atom is 0.118 e. The minimum absolute atomic E-state index is 0.896. The zero-order chi connectivity index (χ0) is 20.7. The molecule has 0 aliphatic heterocycles. The molecule has 0 fully saturated rings. The molecule has 1 aromatic heterocycles. The van der Waals surface area contributed by atoms with E-state index in [0.29, 0.717) is 0 Å². The van der Waals surface area contributed by atoms with E-state index in [9.17, 15) is 0 Å². The van der Waals surface area contributed by atoms with Crippen LogP contribution in [0.3, 0.4) is 0 Å². The van der Waals surface area contributed by atoms with Crippen LogP contribution in [0.2, 0.25) is 0 Å². The molecule has 0 bridgehead atoms. The Hall–Kier alpha value is -3.10. The summed E-state index contributed by atoms with van der Waals surface area (Å²) in [5.41, 5.74) is 8.02. The molecule has 0 atom stereocenters. The summed E-state index contributed by atoms with van der Waals surface area (Å²) >= 11 is 1.93. The van der Waals surface area contributed by atoms with Gasteiger partial charge >= 0.3 is 0 Å². The van der Waals surface area contributed by atoms with E-state index in [4.69, 9.17) is 4.74 Å². The first-order valence-electron chi connectivity index (χ1n) is 10.3. The second-order valence-corrected chi connectivity index (χ2v) is 8.90. The zero-order valence-corrected chi connectivity index (χ0v) is 18.3. The van der Waals surface area contributed by atoms with E-state index in [-0.39, 0.29) is 0 Å². The largest absolute Gasteiger partial charge is 0.497 e. The predicted octanol–water partition coefficient (Wildman–Crippen LogP) is 7.94. The number of benzene rings is 4. The van der Waals surface area contributed by atoms with Crippen molar-refractivity contribution in [2.24, 2.45) is 0 Å². The molecule has 30 heavy (non-hydrogen) atoms. The molecule has 0 amide bonds. The number of rotatable bonds is 4. The van der Waals surface area contributed by atoms with Gasteiger partial charge in [0.1, 0.15) is 5.75 Å². The number of fused-ring (bicyclic) bond motifs is 3. The van der Waals surface area contributed by atoms with Crippen molar-refractivity contribution in [3.05, 3.63) is 101 Å². The number of thiophene rings is 1. The molecule has 0 spiro atoms. The van der Waals surface area contributed by atoms with Gasteiger partial charge in [-0.3, -0.25) is 0 Å². The van der Waals surface area contributed by atoms with Gasteiger partial charge < -0.3 is 4.74 Å². The van der Waals surface area contributed by atoms with E-state index >= 15 is 0 Å². The first-order valence-corrected chi connectivity index (χ1v) is 11.1. The highest BCUT2D eigenvalue weighted by atomic mass is 32.1. The van der Waals surface area contributed by atoms with Crippen molar-refractivity contribution in [3.8, 4) is 16.9 Å². The fourth-order valence-corrected chi connectivity index (χ4v) is 5.63. The Balaban J connectivity index is 1.81. The quantitative estimate of drug-likeness (QED) is 0.293. The lowest BCUT2D eigenvalue weighted by Crippen LogP contribution is -1.95. The number of ether oxygens (including phenoxy) is 1. The predicted molar refractivity (Wildman–Crippen MR) is 130 cm³/mol. The molecule has 0 aliphatic carbocycles. The van der Waals surface area contributed by atoms with Gasteiger partial charge in [-0.15, -0.1) is 11.3 Å². The first kappa shape index (κ1) is 18.9. The zero-order valence-electron chi connectivity index (χ0n) is 17.5. The van der Waals surface area contributed by atoms with Gasteiger partial charge in [-0.05, 0) is 65.8 Å². The van der Waals surface area contributed by atoms with Gasteiger partial charge in [0.15, 0.2) is 0 Å². The van der Waals surface area contributed by atoms with Crippen molar-refractivity contribution in [3.63, 3.8) is 0 Å². The van der Waals surface area contributed by atoms with Crippen molar-refractivity contribution in [1.29, 1.82) is 0 Å². The topological polar surface area (TPSA) is 9.23 Å². The van der Waals surface area contributed by atoms with Crippen molar-refractivity contribution in [1.82, 2.24) is 0 Å². The monoisotopic (exact) mass is 408 g/mol. The van der Waals surface area contributed by atoms with Gasteiger partial charge in [0.05, 0.1) is 7.11 Å². The van der Waals surface area contributed by atoms with Crippen molar-refractivity contribution in [2.45, 2.75) is 20.3 Å². The van der Waals surface area contributed by atoms with Crippen LogP contribution in [0.15, 0.2) is 78.9 Å². The maximum atomic E-state index is 5.34. The molecule has 5 aromatic rings. The van der Waals surface area contributed by atoms with Crippen LogP contribution in [0.25, 0.3) is 31.3 Å². The molecule has 0 radical (unpaired) electrons. The van der Waals surface area contributed by atoms with Crippen LogP contribution in [0, 0.1) is 13.8 Å². The summed E-state index contributed by atoms with van der Waals surface area (Å²) in [4.78, 5) is 0. The summed E-state index contributed by atoms with van der Waals surface area (Å²) < 4.78 is 8.14. The molecule has 1 heterocycles. The summed E-state index contributed by atoms with van der Waals surface area (Å²) in [7, 11) is 1.71. The lowest BCUT2D eigenvalue weighted by Gasteiger charge is -2.15. The van der Waals surface area contributed by atoms with Gasteiger partial charge in [0.2, 0.25) is 0 Å². The van der Waals surface area contributed by atoms with E-state index < -0.39 is 0 Å². The Labute approximate surface area is 181 Å². The molecule has 1 nitrogen and oxygen atoms in total. The van der Waals surface area contributed by atoms with Crippen LogP contribution < -0.4 is 4.74 Å². The lowest BCUT2D eigenvalue weighted by atomic mass is 9.89. The molecular weight excluding hydrogens is 384 g/mol. The van der Waals surface area contributed by atoms with Gasteiger partial charge in [-0.1, -0.05) is 66.7 Å². The number of hydrogen-bond acceptors (Lipinski definition) is 2. The Morgan fingerprint density at radius 3 is 2.27 bits per heavy atom. The van der Waals surface area contributed by atoms with Crippen molar-refractivity contribution >= 4 is 31.5 Å². The lowest BCUT2D eigenvalue weighted by molar-refractivity contribution is 0.414. The van der Waals surface area contributed by atoms with E-state index in [2.05, 4.69) is 80.6 Å². The second-order valence-electron chi connectivity index (χ2n) is 7.88. The molecule has 5 rings (SSSR count). The van der Waals surface area contributed by atoms with Crippen LogP contribution in [0.5, 0.6) is 5.75 Å². The fraction of sp³-hybridized carbons (Fsp3) is 0.143.